The second-order valence-corrected chi connectivity index (χ2v) is 5.11. The van der Waals surface area contributed by atoms with E-state index in [0.717, 1.165) is 30.5 Å². The maximum atomic E-state index is 12.1. The summed E-state index contributed by atoms with van der Waals surface area (Å²) in [5.41, 5.74) is 2.67. The fourth-order valence-electron chi connectivity index (χ4n) is 2.45. The minimum atomic E-state index is -0.155. The van der Waals surface area contributed by atoms with E-state index in [0.29, 0.717) is 17.4 Å². The zero-order valence-electron chi connectivity index (χ0n) is 10.8. The summed E-state index contributed by atoms with van der Waals surface area (Å²) in [6.07, 6.45) is 2.98. The summed E-state index contributed by atoms with van der Waals surface area (Å²) in [5, 5.41) is 6.87. The minimum absolute atomic E-state index is 0.155. The summed E-state index contributed by atoms with van der Waals surface area (Å²) >= 11 is 0. The Balaban J connectivity index is 1.81. The molecule has 19 heavy (non-hydrogen) atoms. The highest BCUT2D eigenvalue weighted by molar-refractivity contribution is 6.03. The molecule has 1 aliphatic carbocycles. The van der Waals surface area contributed by atoms with Gasteiger partial charge in [0.05, 0.1) is 5.69 Å². The summed E-state index contributed by atoms with van der Waals surface area (Å²) in [5.74, 6) is 0.965. The third-order valence-corrected chi connectivity index (χ3v) is 3.56. The summed E-state index contributed by atoms with van der Waals surface area (Å²) in [4.78, 5) is 12.1. The molecular formula is C15H16N2O2. The van der Waals surface area contributed by atoms with Crippen LogP contribution in [0.15, 0.2) is 34.9 Å². The van der Waals surface area contributed by atoms with E-state index in [9.17, 15) is 4.79 Å². The lowest BCUT2D eigenvalue weighted by molar-refractivity contribution is 0.102. The van der Waals surface area contributed by atoms with E-state index < -0.39 is 0 Å². The molecule has 0 bridgehead atoms. The van der Waals surface area contributed by atoms with Crippen molar-refractivity contribution in [2.75, 3.05) is 5.32 Å². The summed E-state index contributed by atoms with van der Waals surface area (Å²) in [6, 6.07) is 9.12. The van der Waals surface area contributed by atoms with Crippen molar-refractivity contribution in [1.82, 2.24) is 5.16 Å². The molecule has 4 nitrogen and oxygen atoms in total. The normalized spacial score (nSPS) is 17.8. The van der Waals surface area contributed by atoms with Gasteiger partial charge in [-0.25, -0.2) is 0 Å². The van der Waals surface area contributed by atoms with Gasteiger partial charge < -0.3 is 4.52 Å². The summed E-state index contributed by atoms with van der Waals surface area (Å²) in [7, 11) is 0. The Morgan fingerprint density at radius 1 is 1.37 bits per heavy atom. The van der Waals surface area contributed by atoms with Gasteiger partial charge in [0.2, 0.25) is 5.88 Å². The third kappa shape index (κ3) is 2.38. The number of nitrogens with one attached hydrogen (secondary N) is 1. The van der Waals surface area contributed by atoms with Gasteiger partial charge in [-0.15, -0.1) is 0 Å². The minimum Gasteiger partial charge on any atom is -0.338 e. The second kappa shape index (κ2) is 4.88. The predicted molar refractivity (Wildman–Crippen MR) is 72.1 cm³/mol. The Morgan fingerprint density at radius 3 is 2.95 bits per heavy atom. The van der Waals surface area contributed by atoms with Crippen LogP contribution in [0.25, 0.3) is 0 Å². The van der Waals surface area contributed by atoms with Gasteiger partial charge in [-0.3, -0.25) is 10.1 Å². The largest absolute Gasteiger partial charge is 0.338 e. The van der Waals surface area contributed by atoms with Crippen molar-refractivity contribution in [2.24, 2.45) is 5.92 Å². The van der Waals surface area contributed by atoms with E-state index in [1.54, 1.807) is 12.1 Å². The standard InChI is InChI=1S/C15H16N2O2/c1-10-7-8-13-12(9-10)15(19-17-13)16-14(18)11-5-3-2-4-6-11/h2-6,10H,7-9H2,1H3,(H,16,18)/t10-/m0/s1. The van der Waals surface area contributed by atoms with E-state index in [-0.39, 0.29) is 5.91 Å². The van der Waals surface area contributed by atoms with Crippen molar-refractivity contribution in [1.29, 1.82) is 0 Å². The molecule has 1 aromatic carbocycles. The van der Waals surface area contributed by atoms with Gasteiger partial charge >= 0.3 is 0 Å². The van der Waals surface area contributed by atoms with E-state index >= 15 is 0 Å². The van der Waals surface area contributed by atoms with Crippen molar-refractivity contribution in [3.63, 3.8) is 0 Å². The molecular weight excluding hydrogens is 240 g/mol. The number of benzene rings is 1. The first-order chi connectivity index (χ1) is 9.24. The Kier molecular flexibility index (Phi) is 3.07. The number of nitrogens with zero attached hydrogens (tertiary/aromatic N) is 1. The average molecular weight is 256 g/mol. The average Bonchev–Trinajstić information content (AvgIpc) is 2.82. The van der Waals surface area contributed by atoms with Crippen LogP contribution in [-0.4, -0.2) is 11.1 Å². The van der Waals surface area contributed by atoms with Crippen LogP contribution in [0, 0.1) is 5.92 Å². The molecule has 1 heterocycles. The highest BCUT2D eigenvalue weighted by Crippen LogP contribution is 2.30. The maximum Gasteiger partial charge on any atom is 0.258 e. The molecule has 0 saturated carbocycles. The molecule has 1 amide bonds. The van der Waals surface area contributed by atoms with Gasteiger partial charge in [0.25, 0.3) is 5.91 Å². The summed E-state index contributed by atoms with van der Waals surface area (Å²) < 4.78 is 5.28. The Labute approximate surface area is 111 Å². The number of amides is 1. The molecule has 1 N–H and O–H groups in total. The molecule has 1 aliphatic rings. The molecule has 2 aromatic rings. The zero-order valence-corrected chi connectivity index (χ0v) is 10.8. The molecule has 0 saturated heterocycles. The lowest BCUT2D eigenvalue weighted by Gasteiger charge is -2.16. The van der Waals surface area contributed by atoms with Crippen LogP contribution < -0.4 is 5.32 Å². The fraction of sp³-hybridized carbons (Fsp3) is 0.333. The number of hydrogen-bond acceptors (Lipinski definition) is 3. The SMILES string of the molecule is C[C@H]1CCc2noc(NC(=O)c3ccccc3)c2C1. The van der Waals surface area contributed by atoms with Crippen molar-refractivity contribution in [2.45, 2.75) is 26.2 Å². The van der Waals surface area contributed by atoms with Gasteiger partial charge in [0.1, 0.15) is 0 Å². The van der Waals surface area contributed by atoms with E-state index in [1.807, 2.05) is 18.2 Å². The number of hydrogen-bond donors (Lipinski definition) is 1. The van der Waals surface area contributed by atoms with Gasteiger partial charge in [-0.2, -0.15) is 0 Å². The lowest BCUT2D eigenvalue weighted by Crippen LogP contribution is -2.15. The number of aromatic nitrogens is 1. The van der Waals surface area contributed by atoms with Crippen molar-refractivity contribution in [3.8, 4) is 0 Å². The topological polar surface area (TPSA) is 55.1 Å². The quantitative estimate of drug-likeness (QED) is 0.898. The fourth-order valence-corrected chi connectivity index (χ4v) is 2.45. The smallest absolute Gasteiger partial charge is 0.258 e. The Bertz CT molecular complexity index is 589. The number of carbonyl (C=O) groups excluding carboxylic acids is 1. The van der Waals surface area contributed by atoms with Crippen LogP contribution >= 0.6 is 0 Å². The first-order valence-electron chi connectivity index (χ1n) is 6.58. The van der Waals surface area contributed by atoms with Crippen molar-refractivity contribution in [3.05, 3.63) is 47.2 Å². The van der Waals surface area contributed by atoms with Crippen molar-refractivity contribution < 1.29 is 9.32 Å². The zero-order chi connectivity index (χ0) is 13.2. The third-order valence-electron chi connectivity index (χ3n) is 3.56. The number of carbonyl (C=O) groups is 1. The van der Waals surface area contributed by atoms with Gasteiger partial charge in [-0.1, -0.05) is 30.3 Å². The van der Waals surface area contributed by atoms with E-state index in [1.165, 1.54) is 0 Å². The number of aryl methyl sites for hydroxylation is 1. The summed E-state index contributed by atoms with van der Waals surface area (Å²) in [6.45, 7) is 2.21. The van der Waals surface area contributed by atoms with Gasteiger partial charge in [-0.05, 0) is 37.3 Å². The monoisotopic (exact) mass is 256 g/mol. The molecule has 0 spiro atoms. The molecule has 1 aromatic heterocycles. The van der Waals surface area contributed by atoms with Crippen LogP contribution in [0.3, 0.4) is 0 Å². The van der Waals surface area contributed by atoms with Crippen LogP contribution in [0.2, 0.25) is 0 Å². The highest BCUT2D eigenvalue weighted by atomic mass is 16.5. The van der Waals surface area contributed by atoms with Crippen LogP contribution in [-0.2, 0) is 12.8 Å². The first kappa shape index (κ1) is 12.0. The van der Waals surface area contributed by atoms with Crippen LogP contribution in [0.4, 0.5) is 5.88 Å². The second-order valence-electron chi connectivity index (χ2n) is 5.11. The number of rotatable bonds is 2. The number of fused-ring (bicyclic) bond motifs is 1. The maximum absolute atomic E-state index is 12.1. The Hall–Kier alpha value is -2.10. The first-order valence-corrected chi connectivity index (χ1v) is 6.58. The molecule has 0 fully saturated rings. The van der Waals surface area contributed by atoms with Crippen molar-refractivity contribution >= 4 is 11.8 Å². The van der Waals surface area contributed by atoms with Gasteiger partial charge in [0, 0.05) is 11.1 Å². The molecule has 4 heteroatoms. The van der Waals surface area contributed by atoms with E-state index in [4.69, 9.17) is 4.52 Å². The van der Waals surface area contributed by atoms with Crippen LogP contribution in [0.1, 0.15) is 35.0 Å². The predicted octanol–water partition coefficient (Wildman–Crippen LogP) is 3.05. The molecule has 1 atom stereocenters. The molecule has 98 valence electrons. The lowest BCUT2D eigenvalue weighted by atomic mass is 9.89. The van der Waals surface area contributed by atoms with Gasteiger partial charge in [0.15, 0.2) is 0 Å². The Morgan fingerprint density at radius 2 is 2.16 bits per heavy atom. The molecule has 3 rings (SSSR count). The molecule has 0 aliphatic heterocycles. The molecule has 0 radical (unpaired) electrons. The van der Waals surface area contributed by atoms with E-state index in [2.05, 4.69) is 17.4 Å². The molecule has 0 unspecified atom stereocenters. The van der Waals surface area contributed by atoms with Crippen LogP contribution in [0.5, 0.6) is 0 Å². The number of anilines is 1. The highest BCUT2D eigenvalue weighted by Gasteiger charge is 2.24.